The Morgan fingerprint density at radius 1 is 1.43 bits per heavy atom. The van der Waals surface area contributed by atoms with Crippen molar-refractivity contribution in [2.24, 2.45) is 11.7 Å². The number of benzene rings is 1. The Labute approximate surface area is 163 Å². The van der Waals surface area contributed by atoms with Crippen molar-refractivity contribution in [3.05, 3.63) is 36.5 Å². The predicted octanol–water partition coefficient (Wildman–Crippen LogP) is 0.380. The number of carbonyl (C=O) groups is 3. The molecule has 153 valence electrons. The van der Waals surface area contributed by atoms with Crippen LogP contribution in [0, 0.1) is 18.2 Å². The van der Waals surface area contributed by atoms with E-state index in [9.17, 15) is 27.2 Å². The number of Topliss-reactive ketones (excluding diaryl/α,β-unsaturated/α-hetero) is 1. The summed E-state index contributed by atoms with van der Waals surface area (Å²) in [5, 5.41) is 2.55. The Kier molecular flexibility index (Phi) is 7.25. The van der Waals surface area contributed by atoms with E-state index in [4.69, 9.17) is 5.73 Å². The van der Waals surface area contributed by atoms with Gasteiger partial charge in [-0.2, -0.15) is 4.31 Å². The second-order valence-corrected chi connectivity index (χ2v) is 8.65. The fraction of sp³-hybridized carbons (Fsp3) is 0.444. The van der Waals surface area contributed by atoms with E-state index in [0.29, 0.717) is 6.42 Å². The van der Waals surface area contributed by atoms with Crippen LogP contribution in [0.2, 0.25) is 0 Å². The summed E-state index contributed by atoms with van der Waals surface area (Å²) in [6, 6.07) is 3.75. The maximum atomic E-state index is 13.4. The number of ketones is 1. The number of sulfonamides is 1. The molecule has 2 amide bonds. The van der Waals surface area contributed by atoms with E-state index in [2.05, 4.69) is 5.32 Å². The highest BCUT2D eigenvalue weighted by Gasteiger charge is 2.33. The standard InChI is InChI=1S/C18H23FN3O5S/c1-12(18(20)25)7-8-17(24)21-15-6-3-9-22(11-16(15)23)28(26,27)14-5-2-4-13(19)10-14/h2,4-5,8,10,12,15H,3,6-7,9,11H2,1H3,(H2,20,25)(H,21,24)/t12?,15-/m0/s1. The third-order valence-corrected chi connectivity index (χ3v) is 6.36. The zero-order chi connectivity index (χ0) is 20.9. The van der Waals surface area contributed by atoms with Crippen LogP contribution < -0.4 is 11.1 Å². The van der Waals surface area contributed by atoms with Crippen LogP contribution in [-0.2, 0) is 24.4 Å². The number of hydrogen-bond donors (Lipinski definition) is 2. The second-order valence-electron chi connectivity index (χ2n) is 6.71. The zero-order valence-electron chi connectivity index (χ0n) is 15.4. The van der Waals surface area contributed by atoms with Gasteiger partial charge in [0, 0.05) is 12.5 Å². The molecule has 1 saturated heterocycles. The van der Waals surface area contributed by atoms with Gasteiger partial charge < -0.3 is 11.1 Å². The first kappa shape index (κ1) is 22.0. The smallest absolute Gasteiger partial charge is 0.243 e. The van der Waals surface area contributed by atoms with Crippen LogP contribution in [0.25, 0.3) is 0 Å². The molecule has 1 aromatic rings. The van der Waals surface area contributed by atoms with Crippen LogP contribution >= 0.6 is 0 Å². The number of nitrogens with two attached hydrogens (primary N) is 1. The molecule has 0 aliphatic carbocycles. The summed E-state index contributed by atoms with van der Waals surface area (Å²) in [6.07, 6.45) is 2.01. The third-order valence-electron chi connectivity index (χ3n) is 4.51. The lowest BCUT2D eigenvalue weighted by Gasteiger charge is -2.20. The number of carbonyl (C=O) groups excluding carboxylic acids is 3. The molecule has 10 heteroatoms. The van der Waals surface area contributed by atoms with E-state index in [-0.39, 0.29) is 24.3 Å². The lowest BCUT2D eigenvalue weighted by Crippen LogP contribution is -2.44. The highest BCUT2D eigenvalue weighted by molar-refractivity contribution is 7.89. The van der Waals surface area contributed by atoms with Gasteiger partial charge in [-0.25, -0.2) is 12.8 Å². The first-order valence-corrected chi connectivity index (χ1v) is 10.3. The van der Waals surface area contributed by atoms with Gasteiger partial charge in [0.1, 0.15) is 5.82 Å². The zero-order valence-corrected chi connectivity index (χ0v) is 16.2. The monoisotopic (exact) mass is 412 g/mol. The van der Waals surface area contributed by atoms with E-state index in [1.165, 1.54) is 18.6 Å². The van der Waals surface area contributed by atoms with Crippen LogP contribution in [0.3, 0.4) is 0 Å². The van der Waals surface area contributed by atoms with Gasteiger partial charge in [0.15, 0.2) is 5.78 Å². The molecular formula is C18H23FN3O5S. The summed E-state index contributed by atoms with van der Waals surface area (Å²) in [4.78, 5) is 35.2. The molecule has 1 radical (unpaired) electrons. The lowest BCUT2D eigenvalue weighted by molar-refractivity contribution is -0.126. The third kappa shape index (κ3) is 5.59. The van der Waals surface area contributed by atoms with Crippen molar-refractivity contribution in [2.45, 2.75) is 37.1 Å². The summed E-state index contributed by atoms with van der Waals surface area (Å²) in [5.41, 5.74) is 5.13. The molecule has 8 nitrogen and oxygen atoms in total. The molecule has 1 fully saturated rings. The van der Waals surface area contributed by atoms with Crippen molar-refractivity contribution in [3.63, 3.8) is 0 Å². The minimum atomic E-state index is -4.02. The molecule has 1 aliphatic heterocycles. The minimum Gasteiger partial charge on any atom is -0.369 e. The highest BCUT2D eigenvalue weighted by Crippen LogP contribution is 2.20. The highest BCUT2D eigenvalue weighted by atomic mass is 32.2. The van der Waals surface area contributed by atoms with Crippen molar-refractivity contribution in [3.8, 4) is 0 Å². The van der Waals surface area contributed by atoms with Crippen LogP contribution in [-0.4, -0.2) is 49.5 Å². The van der Waals surface area contributed by atoms with E-state index in [1.54, 1.807) is 6.92 Å². The maximum Gasteiger partial charge on any atom is 0.243 e. The van der Waals surface area contributed by atoms with Gasteiger partial charge in [-0.1, -0.05) is 13.0 Å². The average molecular weight is 412 g/mol. The Bertz CT molecular complexity index is 859. The fourth-order valence-corrected chi connectivity index (χ4v) is 4.24. The Balaban J connectivity index is 2.01. The molecule has 1 aromatic carbocycles. The molecule has 1 unspecified atom stereocenters. The van der Waals surface area contributed by atoms with Crippen molar-refractivity contribution < 1.29 is 27.2 Å². The number of halogens is 1. The van der Waals surface area contributed by atoms with Gasteiger partial charge in [-0.3, -0.25) is 14.4 Å². The van der Waals surface area contributed by atoms with Crippen molar-refractivity contribution in [1.29, 1.82) is 0 Å². The normalized spacial score (nSPS) is 19.6. The first-order valence-electron chi connectivity index (χ1n) is 8.82. The molecule has 0 bridgehead atoms. The number of primary amides is 1. The summed E-state index contributed by atoms with van der Waals surface area (Å²) in [6.45, 7) is 1.25. The molecular weight excluding hydrogens is 389 g/mol. The van der Waals surface area contributed by atoms with Crippen LogP contribution in [0.1, 0.15) is 26.2 Å². The topological polar surface area (TPSA) is 127 Å². The van der Waals surface area contributed by atoms with Gasteiger partial charge in [0.05, 0.1) is 23.9 Å². The first-order chi connectivity index (χ1) is 13.1. The van der Waals surface area contributed by atoms with Crippen molar-refractivity contribution in [2.75, 3.05) is 13.1 Å². The quantitative estimate of drug-likeness (QED) is 0.669. The average Bonchev–Trinajstić information content (AvgIpc) is 2.81. The summed E-state index contributed by atoms with van der Waals surface area (Å²) in [5.74, 6) is -2.71. The summed E-state index contributed by atoms with van der Waals surface area (Å²) in [7, 11) is -4.02. The number of rotatable bonds is 7. The number of hydrogen-bond acceptors (Lipinski definition) is 5. The lowest BCUT2D eigenvalue weighted by atomic mass is 10.0. The van der Waals surface area contributed by atoms with Crippen molar-refractivity contribution in [1.82, 2.24) is 9.62 Å². The van der Waals surface area contributed by atoms with Crippen LogP contribution in [0.15, 0.2) is 29.2 Å². The van der Waals surface area contributed by atoms with E-state index in [1.807, 2.05) is 0 Å². The molecule has 0 spiro atoms. The van der Waals surface area contributed by atoms with Gasteiger partial charge in [-0.05, 0) is 37.5 Å². The molecule has 1 aliphatic rings. The van der Waals surface area contributed by atoms with Crippen molar-refractivity contribution >= 4 is 27.6 Å². The summed E-state index contributed by atoms with van der Waals surface area (Å²) < 4.78 is 39.7. The van der Waals surface area contributed by atoms with Gasteiger partial charge in [0.2, 0.25) is 21.8 Å². The Hall–Kier alpha value is -2.33. The molecule has 28 heavy (non-hydrogen) atoms. The Morgan fingerprint density at radius 3 is 2.79 bits per heavy atom. The van der Waals surface area contributed by atoms with Gasteiger partial charge in [-0.15, -0.1) is 0 Å². The molecule has 2 rings (SSSR count). The number of amides is 2. The van der Waals surface area contributed by atoms with E-state index in [0.717, 1.165) is 16.4 Å². The van der Waals surface area contributed by atoms with Crippen LogP contribution in [0.5, 0.6) is 0 Å². The predicted molar refractivity (Wildman–Crippen MR) is 98.6 cm³/mol. The largest absolute Gasteiger partial charge is 0.369 e. The number of nitrogens with zero attached hydrogens (tertiary/aromatic N) is 1. The molecule has 3 N–H and O–H groups in total. The van der Waals surface area contributed by atoms with Crippen LogP contribution in [0.4, 0.5) is 4.39 Å². The Morgan fingerprint density at radius 2 is 2.14 bits per heavy atom. The number of nitrogens with one attached hydrogen (secondary N) is 1. The molecule has 0 saturated carbocycles. The molecule has 2 atom stereocenters. The maximum absolute atomic E-state index is 13.4. The summed E-state index contributed by atoms with van der Waals surface area (Å²) >= 11 is 0. The SMILES string of the molecule is CC(C[CH]C(=O)N[C@H]1CCCN(S(=O)(=O)c2cccc(F)c2)CC1=O)C(N)=O. The van der Waals surface area contributed by atoms with Gasteiger partial charge >= 0.3 is 0 Å². The van der Waals surface area contributed by atoms with E-state index >= 15 is 0 Å². The molecule has 1 heterocycles. The van der Waals surface area contributed by atoms with Gasteiger partial charge in [0.25, 0.3) is 0 Å². The molecule has 0 aromatic heterocycles. The fourth-order valence-electron chi connectivity index (χ4n) is 2.76. The minimum absolute atomic E-state index is 0.0827. The van der Waals surface area contributed by atoms with E-state index < -0.39 is 51.9 Å². The second kappa shape index (κ2) is 9.24.